The van der Waals surface area contributed by atoms with Crippen LogP contribution in [0.3, 0.4) is 0 Å². The predicted octanol–water partition coefficient (Wildman–Crippen LogP) is 3.05. The van der Waals surface area contributed by atoms with Gasteiger partial charge in [-0.25, -0.2) is 0 Å². The molecule has 1 fully saturated rings. The molecule has 4 nitrogen and oxygen atoms in total. The first-order valence-corrected chi connectivity index (χ1v) is 8.89. The van der Waals surface area contributed by atoms with E-state index in [1.54, 1.807) is 6.92 Å². The first kappa shape index (κ1) is 15.5. The Labute approximate surface area is 142 Å². The van der Waals surface area contributed by atoms with Crippen molar-refractivity contribution in [2.75, 3.05) is 13.1 Å². The van der Waals surface area contributed by atoms with E-state index in [1.165, 1.54) is 22.0 Å². The van der Waals surface area contributed by atoms with Gasteiger partial charge in [-0.15, -0.1) is 0 Å². The van der Waals surface area contributed by atoms with Gasteiger partial charge in [-0.3, -0.25) is 9.69 Å². The van der Waals surface area contributed by atoms with Crippen molar-refractivity contribution in [1.29, 1.82) is 0 Å². The van der Waals surface area contributed by atoms with Crippen LogP contribution >= 0.6 is 0 Å². The Morgan fingerprint density at radius 2 is 2.33 bits per heavy atom. The highest BCUT2D eigenvalue weighted by molar-refractivity contribution is 5.91. The summed E-state index contributed by atoms with van der Waals surface area (Å²) in [6, 6.07) is 7.31. The van der Waals surface area contributed by atoms with E-state index in [0.29, 0.717) is 12.0 Å². The van der Waals surface area contributed by atoms with Crippen molar-refractivity contribution in [2.45, 2.75) is 44.7 Å². The SMILES string of the molecule is C=Cc1[nH]c2cccc3c2c1C[C@@H]1[C@@H]3C[C@@H](NC(C)=O)CN1CC. The summed E-state index contributed by atoms with van der Waals surface area (Å²) in [7, 11) is 0. The number of rotatable bonds is 3. The van der Waals surface area contributed by atoms with Gasteiger partial charge in [0.2, 0.25) is 5.91 Å². The Bertz CT molecular complexity index is 807. The Kier molecular flexibility index (Phi) is 3.72. The van der Waals surface area contributed by atoms with Gasteiger partial charge in [-0.1, -0.05) is 25.6 Å². The maximum atomic E-state index is 11.6. The Morgan fingerprint density at radius 3 is 3.04 bits per heavy atom. The monoisotopic (exact) mass is 323 g/mol. The van der Waals surface area contributed by atoms with Crippen LogP contribution in [0.25, 0.3) is 17.0 Å². The lowest BCUT2D eigenvalue weighted by atomic mass is 9.73. The zero-order valence-corrected chi connectivity index (χ0v) is 14.4. The third-order valence-electron chi connectivity index (χ3n) is 5.75. The molecule has 1 aliphatic carbocycles. The number of nitrogens with one attached hydrogen (secondary N) is 2. The molecule has 0 unspecified atom stereocenters. The molecule has 4 rings (SSSR count). The van der Waals surface area contributed by atoms with E-state index in [-0.39, 0.29) is 11.9 Å². The van der Waals surface area contributed by atoms with Gasteiger partial charge in [-0.05, 0) is 42.7 Å². The molecule has 0 radical (unpaired) electrons. The molecule has 2 heterocycles. The molecule has 0 bridgehead atoms. The zero-order valence-electron chi connectivity index (χ0n) is 14.4. The van der Waals surface area contributed by atoms with Crippen molar-refractivity contribution in [2.24, 2.45) is 0 Å². The van der Waals surface area contributed by atoms with Gasteiger partial charge in [0.05, 0.1) is 0 Å². The molecular formula is C20H25N3O. The first-order valence-electron chi connectivity index (χ1n) is 8.89. The minimum absolute atomic E-state index is 0.0693. The molecule has 1 saturated heterocycles. The Hall–Kier alpha value is -2.07. The highest BCUT2D eigenvalue weighted by atomic mass is 16.1. The lowest BCUT2D eigenvalue weighted by Gasteiger charge is -2.47. The zero-order chi connectivity index (χ0) is 16.8. The topological polar surface area (TPSA) is 48.1 Å². The smallest absolute Gasteiger partial charge is 0.217 e. The summed E-state index contributed by atoms with van der Waals surface area (Å²) in [4.78, 5) is 17.6. The predicted molar refractivity (Wildman–Crippen MR) is 98.1 cm³/mol. The Balaban J connectivity index is 1.81. The number of H-pyrrole nitrogens is 1. The fraction of sp³-hybridized carbons (Fsp3) is 0.450. The molecule has 1 aromatic carbocycles. The van der Waals surface area contributed by atoms with Gasteiger partial charge in [-0.2, -0.15) is 0 Å². The van der Waals surface area contributed by atoms with Gasteiger partial charge in [0, 0.05) is 48.1 Å². The summed E-state index contributed by atoms with van der Waals surface area (Å²) in [6.07, 6.45) is 4.02. The fourth-order valence-corrected chi connectivity index (χ4v) is 4.84. The van der Waals surface area contributed by atoms with Crippen LogP contribution in [0.1, 0.15) is 43.0 Å². The summed E-state index contributed by atoms with van der Waals surface area (Å²) in [6.45, 7) is 9.77. The highest BCUT2D eigenvalue weighted by Gasteiger charge is 2.41. The molecule has 1 amide bonds. The largest absolute Gasteiger partial charge is 0.355 e. The van der Waals surface area contributed by atoms with Crippen LogP contribution in [0, 0.1) is 0 Å². The average Bonchev–Trinajstić information content (AvgIpc) is 2.93. The number of likely N-dealkylation sites (tertiary alicyclic amines) is 1. The van der Waals surface area contributed by atoms with E-state index >= 15 is 0 Å². The molecular weight excluding hydrogens is 298 g/mol. The van der Waals surface area contributed by atoms with Crippen molar-refractivity contribution in [3.8, 4) is 0 Å². The van der Waals surface area contributed by atoms with Gasteiger partial charge in [0.1, 0.15) is 0 Å². The number of nitrogens with zero attached hydrogens (tertiary/aromatic N) is 1. The molecule has 126 valence electrons. The number of aromatic amines is 1. The lowest BCUT2D eigenvalue weighted by molar-refractivity contribution is -0.120. The van der Waals surface area contributed by atoms with Crippen molar-refractivity contribution >= 4 is 22.9 Å². The van der Waals surface area contributed by atoms with E-state index in [2.05, 4.69) is 46.9 Å². The summed E-state index contributed by atoms with van der Waals surface area (Å²) in [5, 5.41) is 4.53. The second-order valence-electron chi connectivity index (χ2n) is 7.09. The molecule has 3 atom stereocenters. The number of fused-ring (bicyclic) bond motifs is 2. The molecule has 2 N–H and O–H groups in total. The number of benzene rings is 1. The summed E-state index contributed by atoms with van der Waals surface area (Å²) < 4.78 is 0. The fourth-order valence-electron chi connectivity index (χ4n) is 4.84. The van der Waals surface area contributed by atoms with Crippen LogP contribution in [0.15, 0.2) is 24.8 Å². The van der Waals surface area contributed by atoms with Gasteiger partial charge < -0.3 is 10.3 Å². The van der Waals surface area contributed by atoms with Crippen LogP contribution in [-0.2, 0) is 11.2 Å². The second kappa shape index (κ2) is 5.78. The quantitative estimate of drug-likeness (QED) is 0.912. The van der Waals surface area contributed by atoms with Crippen molar-refractivity contribution in [3.63, 3.8) is 0 Å². The van der Waals surface area contributed by atoms with Gasteiger partial charge in [0.25, 0.3) is 0 Å². The number of carbonyl (C=O) groups excluding carboxylic acids is 1. The maximum absolute atomic E-state index is 11.6. The number of likely N-dealkylation sites (N-methyl/N-ethyl adjacent to an activating group) is 1. The molecule has 0 saturated carbocycles. The summed E-state index contributed by atoms with van der Waals surface area (Å²) in [5.74, 6) is 0.542. The van der Waals surface area contributed by atoms with Crippen LogP contribution < -0.4 is 5.32 Å². The van der Waals surface area contributed by atoms with Crippen molar-refractivity contribution in [1.82, 2.24) is 15.2 Å². The van der Waals surface area contributed by atoms with Crippen LogP contribution in [0.5, 0.6) is 0 Å². The molecule has 4 heteroatoms. The first-order chi connectivity index (χ1) is 11.6. The highest BCUT2D eigenvalue weighted by Crippen LogP contribution is 2.44. The minimum atomic E-state index is 0.0693. The maximum Gasteiger partial charge on any atom is 0.217 e. The minimum Gasteiger partial charge on any atom is -0.355 e. The number of amides is 1. The molecule has 2 aliphatic rings. The van der Waals surface area contributed by atoms with Gasteiger partial charge >= 0.3 is 0 Å². The standard InChI is InChI=1S/C20H25N3O/c1-4-17-16-10-19-15(14-7-6-8-18(22-17)20(14)16)9-13(21-12(3)24)11-23(19)5-2/h4,6-8,13,15,19,22H,1,5,9-11H2,2-3H3,(H,21,24)/t13-,15-,19-/m1/s1. The molecule has 2 aromatic rings. The van der Waals surface area contributed by atoms with E-state index in [0.717, 1.165) is 31.6 Å². The second-order valence-corrected chi connectivity index (χ2v) is 7.09. The molecule has 1 aliphatic heterocycles. The third-order valence-corrected chi connectivity index (χ3v) is 5.75. The number of piperidine rings is 1. The normalized spacial score (nSPS) is 26.2. The average molecular weight is 323 g/mol. The summed E-state index contributed by atoms with van der Waals surface area (Å²) >= 11 is 0. The van der Waals surface area contributed by atoms with Crippen LogP contribution in [0.2, 0.25) is 0 Å². The van der Waals surface area contributed by atoms with E-state index < -0.39 is 0 Å². The van der Waals surface area contributed by atoms with Crippen LogP contribution in [-0.4, -0.2) is 41.0 Å². The molecule has 24 heavy (non-hydrogen) atoms. The molecule has 1 aromatic heterocycles. The number of hydrogen-bond acceptors (Lipinski definition) is 2. The number of carbonyl (C=O) groups is 1. The number of aromatic nitrogens is 1. The van der Waals surface area contributed by atoms with Gasteiger partial charge in [0.15, 0.2) is 0 Å². The van der Waals surface area contributed by atoms with E-state index in [1.807, 2.05) is 6.08 Å². The van der Waals surface area contributed by atoms with Crippen LogP contribution in [0.4, 0.5) is 0 Å². The third kappa shape index (κ3) is 2.28. The lowest BCUT2D eigenvalue weighted by Crippen LogP contribution is -2.55. The van der Waals surface area contributed by atoms with Crippen molar-refractivity contribution < 1.29 is 4.79 Å². The van der Waals surface area contributed by atoms with E-state index in [4.69, 9.17) is 0 Å². The number of hydrogen-bond donors (Lipinski definition) is 2. The van der Waals surface area contributed by atoms with E-state index in [9.17, 15) is 4.79 Å². The molecule has 0 spiro atoms. The van der Waals surface area contributed by atoms with Crippen molar-refractivity contribution in [3.05, 3.63) is 41.6 Å². The Morgan fingerprint density at radius 1 is 1.50 bits per heavy atom. The summed E-state index contributed by atoms with van der Waals surface area (Å²) in [5.41, 5.74) is 5.21.